The van der Waals surface area contributed by atoms with E-state index >= 15 is 0 Å². The number of hydrogen-bond acceptors (Lipinski definition) is 2. The van der Waals surface area contributed by atoms with Crippen LogP contribution in [0.15, 0.2) is 0 Å². The highest BCUT2D eigenvalue weighted by Gasteiger charge is 2.24. The van der Waals surface area contributed by atoms with Crippen LogP contribution in [0, 0.1) is 11.8 Å². The Labute approximate surface area is 68.6 Å². The molecule has 0 bridgehead atoms. The molecule has 0 heterocycles. The summed E-state index contributed by atoms with van der Waals surface area (Å²) >= 11 is 0. The fourth-order valence-corrected chi connectivity index (χ4v) is 1.47. The third-order valence-electron chi connectivity index (χ3n) is 2.25. The van der Waals surface area contributed by atoms with Crippen LogP contribution < -0.4 is 0 Å². The van der Waals surface area contributed by atoms with E-state index in [0.29, 0.717) is 0 Å². The van der Waals surface area contributed by atoms with Crippen molar-refractivity contribution in [2.75, 3.05) is 0 Å². The van der Waals surface area contributed by atoms with Crippen molar-refractivity contribution in [3.63, 3.8) is 0 Å². The van der Waals surface area contributed by atoms with E-state index in [1.54, 1.807) is 13.8 Å². The summed E-state index contributed by atoms with van der Waals surface area (Å²) < 4.78 is 0. The molecule has 1 N–H and O–H groups in total. The topological polar surface area (TPSA) is 37.3 Å². The van der Waals surface area contributed by atoms with Gasteiger partial charge in [-0.15, -0.1) is 0 Å². The van der Waals surface area contributed by atoms with Crippen molar-refractivity contribution in [2.45, 2.75) is 40.2 Å². The van der Waals surface area contributed by atoms with Crippen LogP contribution in [0.25, 0.3) is 0 Å². The minimum atomic E-state index is -0.512. The summed E-state index contributed by atoms with van der Waals surface area (Å²) in [6, 6.07) is 0. The molecule has 66 valence electrons. The first-order chi connectivity index (χ1) is 5.00. The largest absolute Gasteiger partial charge is 0.393 e. The minimum Gasteiger partial charge on any atom is -0.393 e. The second-order valence-electron chi connectivity index (χ2n) is 3.26. The zero-order valence-corrected chi connectivity index (χ0v) is 7.79. The quantitative estimate of drug-likeness (QED) is 0.675. The molecule has 0 radical (unpaired) electrons. The van der Waals surface area contributed by atoms with Crippen molar-refractivity contribution >= 4 is 5.78 Å². The van der Waals surface area contributed by atoms with Crippen LogP contribution >= 0.6 is 0 Å². The van der Waals surface area contributed by atoms with Crippen molar-refractivity contribution in [1.29, 1.82) is 0 Å². The average Bonchev–Trinajstić information content (AvgIpc) is 1.85. The van der Waals surface area contributed by atoms with Gasteiger partial charge in [0.05, 0.1) is 6.10 Å². The molecule has 3 unspecified atom stereocenters. The number of Topliss-reactive ketones (excluding diaryl/α,β-unsaturated/α-hetero) is 1. The molecular formula is C9H18O2. The highest BCUT2D eigenvalue weighted by molar-refractivity contribution is 5.79. The average molecular weight is 158 g/mol. The van der Waals surface area contributed by atoms with Crippen LogP contribution in [0.1, 0.15) is 34.1 Å². The maximum Gasteiger partial charge on any atom is 0.135 e. The lowest BCUT2D eigenvalue weighted by Crippen LogP contribution is -2.29. The van der Waals surface area contributed by atoms with Crippen molar-refractivity contribution in [1.82, 2.24) is 0 Å². The second-order valence-corrected chi connectivity index (χ2v) is 3.26. The van der Waals surface area contributed by atoms with Gasteiger partial charge in [0.25, 0.3) is 0 Å². The predicted octanol–water partition coefficient (Wildman–Crippen LogP) is 1.62. The molecule has 2 heteroatoms. The Morgan fingerprint density at radius 2 is 1.91 bits per heavy atom. The smallest absolute Gasteiger partial charge is 0.135 e. The first kappa shape index (κ1) is 10.6. The number of rotatable bonds is 4. The van der Waals surface area contributed by atoms with Gasteiger partial charge in [0.15, 0.2) is 0 Å². The molecule has 2 nitrogen and oxygen atoms in total. The number of hydrogen-bond donors (Lipinski definition) is 1. The SMILES string of the molecule is CCC(C)C(C(C)=O)C(C)O. The molecule has 0 saturated carbocycles. The van der Waals surface area contributed by atoms with Crippen LogP contribution in [0.4, 0.5) is 0 Å². The lowest BCUT2D eigenvalue weighted by atomic mass is 9.85. The molecule has 0 aliphatic rings. The van der Waals surface area contributed by atoms with Gasteiger partial charge in [-0.05, 0) is 19.8 Å². The Hall–Kier alpha value is -0.370. The Kier molecular flexibility index (Phi) is 4.34. The Morgan fingerprint density at radius 1 is 1.45 bits per heavy atom. The molecule has 0 aromatic rings. The lowest BCUT2D eigenvalue weighted by Gasteiger charge is -2.22. The maximum absolute atomic E-state index is 11.0. The fraction of sp³-hybridized carbons (Fsp3) is 0.889. The minimum absolute atomic E-state index is 0.0920. The van der Waals surface area contributed by atoms with E-state index < -0.39 is 6.10 Å². The van der Waals surface area contributed by atoms with Crippen LogP contribution in [-0.4, -0.2) is 17.0 Å². The maximum atomic E-state index is 11.0. The van der Waals surface area contributed by atoms with E-state index in [1.807, 2.05) is 13.8 Å². The molecular weight excluding hydrogens is 140 g/mol. The Balaban J connectivity index is 4.21. The molecule has 0 aromatic carbocycles. The Bertz CT molecular complexity index is 130. The molecule has 11 heavy (non-hydrogen) atoms. The first-order valence-corrected chi connectivity index (χ1v) is 4.19. The normalized spacial score (nSPS) is 19.0. The van der Waals surface area contributed by atoms with E-state index in [0.717, 1.165) is 6.42 Å². The van der Waals surface area contributed by atoms with Crippen molar-refractivity contribution in [2.24, 2.45) is 11.8 Å². The predicted molar refractivity (Wildman–Crippen MR) is 45.3 cm³/mol. The van der Waals surface area contributed by atoms with Gasteiger partial charge < -0.3 is 5.11 Å². The van der Waals surface area contributed by atoms with E-state index in [2.05, 4.69) is 0 Å². The molecule has 0 fully saturated rings. The summed E-state index contributed by atoms with van der Waals surface area (Å²) in [7, 11) is 0. The van der Waals surface area contributed by atoms with E-state index in [1.165, 1.54) is 0 Å². The molecule has 0 aromatic heterocycles. The number of ketones is 1. The van der Waals surface area contributed by atoms with Gasteiger partial charge in [-0.2, -0.15) is 0 Å². The van der Waals surface area contributed by atoms with Gasteiger partial charge in [-0.3, -0.25) is 4.79 Å². The number of carbonyl (C=O) groups excluding carboxylic acids is 1. The first-order valence-electron chi connectivity index (χ1n) is 4.19. The highest BCUT2D eigenvalue weighted by Crippen LogP contribution is 2.19. The molecule has 0 aliphatic carbocycles. The number of aliphatic hydroxyl groups is 1. The standard InChI is InChI=1S/C9H18O2/c1-5-6(2)9(7(3)10)8(4)11/h6-7,9-10H,5H2,1-4H3. The summed E-state index contributed by atoms with van der Waals surface area (Å²) in [4.78, 5) is 11.0. The lowest BCUT2D eigenvalue weighted by molar-refractivity contribution is -0.125. The van der Waals surface area contributed by atoms with Crippen LogP contribution in [0.2, 0.25) is 0 Å². The van der Waals surface area contributed by atoms with Gasteiger partial charge in [0.2, 0.25) is 0 Å². The summed E-state index contributed by atoms with van der Waals surface area (Å²) in [6.45, 7) is 7.25. The van der Waals surface area contributed by atoms with Crippen LogP contribution in [0.5, 0.6) is 0 Å². The molecule has 0 rings (SSSR count). The van der Waals surface area contributed by atoms with E-state index in [9.17, 15) is 9.90 Å². The van der Waals surface area contributed by atoms with Gasteiger partial charge in [-0.25, -0.2) is 0 Å². The van der Waals surface area contributed by atoms with E-state index in [-0.39, 0.29) is 17.6 Å². The highest BCUT2D eigenvalue weighted by atomic mass is 16.3. The summed E-state index contributed by atoms with van der Waals surface area (Å²) in [5.74, 6) is 0.196. The molecule has 0 amide bonds. The van der Waals surface area contributed by atoms with Crippen molar-refractivity contribution < 1.29 is 9.90 Å². The Morgan fingerprint density at radius 3 is 2.00 bits per heavy atom. The molecule has 0 spiro atoms. The van der Waals surface area contributed by atoms with Gasteiger partial charge in [0.1, 0.15) is 5.78 Å². The number of carbonyl (C=O) groups is 1. The monoisotopic (exact) mass is 158 g/mol. The third-order valence-corrected chi connectivity index (χ3v) is 2.25. The van der Waals surface area contributed by atoms with Gasteiger partial charge >= 0.3 is 0 Å². The molecule has 0 aliphatic heterocycles. The second kappa shape index (κ2) is 4.50. The third kappa shape index (κ3) is 3.02. The summed E-state index contributed by atoms with van der Waals surface area (Å²) in [5.41, 5.74) is 0. The van der Waals surface area contributed by atoms with Crippen molar-refractivity contribution in [3.05, 3.63) is 0 Å². The molecule has 3 atom stereocenters. The zero-order valence-electron chi connectivity index (χ0n) is 7.79. The summed E-state index contributed by atoms with van der Waals surface area (Å²) in [5, 5.41) is 9.26. The number of aliphatic hydroxyl groups excluding tert-OH is 1. The molecule has 0 saturated heterocycles. The van der Waals surface area contributed by atoms with Crippen LogP contribution in [0.3, 0.4) is 0 Å². The zero-order chi connectivity index (χ0) is 9.02. The van der Waals surface area contributed by atoms with Crippen molar-refractivity contribution in [3.8, 4) is 0 Å². The summed E-state index contributed by atoms with van der Waals surface area (Å²) in [6.07, 6.45) is 0.428. The fourth-order valence-electron chi connectivity index (χ4n) is 1.47. The van der Waals surface area contributed by atoms with Crippen LogP contribution in [-0.2, 0) is 4.79 Å². The van der Waals surface area contributed by atoms with Gasteiger partial charge in [0, 0.05) is 5.92 Å². The van der Waals surface area contributed by atoms with Gasteiger partial charge in [-0.1, -0.05) is 20.3 Å². The van der Waals surface area contributed by atoms with E-state index in [4.69, 9.17) is 0 Å².